The molecule has 1 heterocycles. The fourth-order valence-electron chi connectivity index (χ4n) is 3.61. The molecule has 0 spiro atoms. The number of carbonyl (C=O) groups is 1. The first kappa shape index (κ1) is 17.3. The van der Waals surface area contributed by atoms with E-state index in [2.05, 4.69) is 31.2 Å². The number of aryl methyl sites for hydroxylation is 1. The lowest BCUT2D eigenvalue weighted by molar-refractivity contribution is 0.0703. The summed E-state index contributed by atoms with van der Waals surface area (Å²) in [4.78, 5) is 15.0. The maximum absolute atomic E-state index is 13.1. The number of piperidine rings is 1. The van der Waals surface area contributed by atoms with Gasteiger partial charge in [-0.05, 0) is 49.1 Å². The van der Waals surface area contributed by atoms with Gasteiger partial charge in [0.2, 0.25) is 0 Å². The molecule has 1 fully saturated rings. The Morgan fingerprint density at radius 2 is 1.92 bits per heavy atom. The average molecular weight is 339 g/mol. The Balaban J connectivity index is 1.84. The molecule has 0 aromatic heterocycles. The molecule has 0 N–H and O–H groups in total. The summed E-state index contributed by atoms with van der Waals surface area (Å²) in [6, 6.07) is 13.8. The number of methoxy groups -OCH3 is 2. The second kappa shape index (κ2) is 7.60. The molecule has 3 rings (SSSR count). The Morgan fingerprint density at radius 3 is 2.64 bits per heavy atom. The van der Waals surface area contributed by atoms with Crippen molar-refractivity contribution in [2.45, 2.75) is 25.7 Å². The number of amides is 1. The van der Waals surface area contributed by atoms with Gasteiger partial charge in [-0.3, -0.25) is 4.79 Å². The molecular weight excluding hydrogens is 314 g/mol. The quantitative estimate of drug-likeness (QED) is 0.844. The number of benzene rings is 2. The number of rotatable bonds is 4. The predicted octanol–water partition coefficient (Wildman–Crippen LogP) is 4.03. The van der Waals surface area contributed by atoms with Gasteiger partial charge in [0.05, 0.1) is 19.8 Å². The first-order valence-electron chi connectivity index (χ1n) is 8.71. The summed E-state index contributed by atoms with van der Waals surface area (Å²) in [5.74, 6) is 1.64. The Hall–Kier alpha value is -2.49. The lowest BCUT2D eigenvalue weighted by Crippen LogP contribution is -2.39. The van der Waals surface area contributed by atoms with Crippen molar-refractivity contribution in [2.24, 2.45) is 0 Å². The molecule has 1 amide bonds. The van der Waals surface area contributed by atoms with E-state index in [1.165, 1.54) is 11.1 Å². The molecule has 1 aliphatic rings. The van der Waals surface area contributed by atoms with E-state index >= 15 is 0 Å². The molecule has 2 aromatic carbocycles. The van der Waals surface area contributed by atoms with E-state index in [-0.39, 0.29) is 5.91 Å². The molecule has 0 bridgehead atoms. The van der Waals surface area contributed by atoms with E-state index < -0.39 is 0 Å². The Kier molecular flexibility index (Phi) is 5.27. The van der Waals surface area contributed by atoms with Crippen LogP contribution in [0.15, 0.2) is 42.5 Å². The lowest BCUT2D eigenvalue weighted by atomic mass is 9.87. The van der Waals surface area contributed by atoms with Crippen LogP contribution in [0, 0.1) is 6.92 Å². The van der Waals surface area contributed by atoms with Gasteiger partial charge >= 0.3 is 0 Å². The SMILES string of the molecule is COc1ccc(OC)c(C(=O)N2CCCC(c3ccccc3C)C2)c1. The molecule has 1 unspecified atom stereocenters. The molecule has 4 nitrogen and oxygen atoms in total. The molecule has 132 valence electrons. The van der Waals surface area contributed by atoms with Gasteiger partial charge in [0.15, 0.2) is 0 Å². The molecule has 1 atom stereocenters. The van der Waals surface area contributed by atoms with Crippen LogP contribution in [0.25, 0.3) is 0 Å². The topological polar surface area (TPSA) is 38.8 Å². The van der Waals surface area contributed by atoms with E-state index in [0.29, 0.717) is 23.0 Å². The van der Waals surface area contributed by atoms with E-state index in [1.807, 2.05) is 11.0 Å². The van der Waals surface area contributed by atoms with Crippen molar-refractivity contribution in [3.05, 3.63) is 59.2 Å². The summed E-state index contributed by atoms with van der Waals surface area (Å²) >= 11 is 0. The molecule has 1 aliphatic heterocycles. The molecule has 4 heteroatoms. The van der Waals surface area contributed by atoms with Gasteiger partial charge in [-0.25, -0.2) is 0 Å². The second-order valence-electron chi connectivity index (χ2n) is 6.51. The van der Waals surface area contributed by atoms with Crippen molar-refractivity contribution in [3.8, 4) is 11.5 Å². The third kappa shape index (κ3) is 3.63. The fraction of sp³-hybridized carbons (Fsp3) is 0.381. The highest BCUT2D eigenvalue weighted by molar-refractivity contribution is 5.97. The van der Waals surface area contributed by atoms with Crippen molar-refractivity contribution >= 4 is 5.91 Å². The Bertz CT molecular complexity index is 757. The van der Waals surface area contributed by atoms with E-state index in [9.17, 15) is 4.79 Å². The maximum atomic E-state index is 13.1. The van der Waals surface area contributed by atoms with Gasteiger partial charge in [-0.2, -0.15) is 0 Å². The average Bonchev–Trinajstić information content (AvgIpc) is 2.67. The number of hydrogen-bond acceptors (Lipinski definition) is 3. The minimum atomic E-state index is 0.00836. The molecule has 0 radical (unpaired) electrons. The van der Waals surface area contributed by atoms with Crippen molar-refractivity contribution in [2.75, 3.05) is 27.3 Å². The van der Waals surface area contributed by atoms with Gasteiger partial charge in [-0.15, -0.1) is 0 Å². The van der Waals surface area contributed by atoms with Crippen LogP contribution < -0.4 is 9.47 Å². The normalized spacial score (nSPS) is 17.2. The van der Waals surface area contributed by atoms with Crippen LogP contribution in [0.1, 0.15) is 40.2 Å². The zero-order chi connectivity index (χ0) is 17.8. The Labute approximate surface area is 149 Å². The molecule has 1 saturated heterocycles. The standard InChI is InChI=1S/C21H25NO3/c1-15-7-4-5-9-18(15)16-8-6-12-22(14-16)21(23)19-13-17(24-2)10-11-20(19)25-3/h4-5,7,9-11,13,16H,6,8,12,14H2,1-3H3. The summed E-state index contributed by atoms with van der Waals surface area (Å²) in [5.41, 5.74) is 3.20. The van der Waals surface area contributed by atoms with Gasteiger partial charge in [0.1, 0.15) is 11.5 Å². The fourth-order valence-corrected chi connectivity index (χ4v) is 3.61. The minimum Gasteiger partial charge on any atom is -0.497 e. The van der Waals surface area contributed by atoms with Gasteiger partial charge in [0, 0.05) is 19.0 Å². The number of likely N-dealkylation sites (tertiary alicyclic amines) is 1. The first-order valence-corrected chi connectivity index (χ1v) is 8.71. The number of hydrogen-bond donors (Lipinski definition) is 0. The van der Waals surface area contributed by atoms with Crippen LogP contribution in [-0.4, -0.2) is 38.1 Å². The molecule has 2 aromatic rings. The number of carbonyl (C=O) groups excluding carboxylic acids is 1. The van der Waals surface area contributed by atoms with Crippen LogP contribution >= 0.6 is 0 Å². The third-order valence-electron chi connectivity index (χ3n) is 4.97. The monoisotopic (exact) mass is 339 g/mol. The minimum absolute atomic E-state index is 0.00836. The first-order chi connectivity index (χ1) is 12.1. The number of nitrogens with zero attached hydrogens (tertiary/aromatic N) is 1. The van der Waals surface area contributed by atoms with Crippen molar-refractivity contribution in [3.63, 3.8) is 0 Å². The highest BCUT2D eigenvalue weighted by atomic mass is 16.5. The summed E-state index contributed by atoms with van der Waals surface area (Å²) < 4.78 is 10.7. The van der Waals surface area contributed by atoms with Crippen molar-refractivity contribution < 1.29 is 14.3 Å². The van der Waals surface area contributed by atoms with Gasteiger partial charge < -0.3 is 14.4 Å². The van der Waals surface area contributed by atoms with Crippen LogP contribution in [0.2, 0.25) is 0 Å². The van der Waals surface area contributed by atoms with E-state index in [1.54, 1.807) is 26.4 Å². The number of ether oxygens (including phenoxy) is 2. The molecule has 0 saturated carbocycles. The zero-order valence-corrected chi connectivity index (χ0v) is 15.1. The third-order valence-corrected chi connectivity index (χ3v) is 4.97. The molecule has 0 aliphatic carbocycles. The summed E-state index contributed by atoms with van der Waals surface area (Å²) in [6.07, 6.45) is 2.13. The highest BCUT2D eigenvalue weighted by Crippen LogP contribution is 2.31. The van der Waals surface area contributed by atoms with E-state index in [0.717, 1.165) is 25.9 Å². The van der Waals surface area contributed by atoms with Crippen LogP contribution in [0.4, 0.5) is 0 Å². The Morgan fingerprint density at radius 1 is 1.12 bits per heavy atom. The summed E-state index contributed by atoms with van der Waals surface area (Å²) in [7, 11) is 3.19. The highest BCUT2D eigenvalue weighted by Gasteiger charge is 2.28. The van der Waals surface area contributed by atoms with Crippen molar-refractivity contribution in [1.82, 2.24) is 4.90 Å². The summed E-state index contributed by atoms with van der Waals surface area (Å²) in [5, 5.41) is 0. The molecule has 25 heavy (non-hydrogen) atoms. The second-order valence-corrected chi connectivity index (χ2v) is 6.51. The van der Waals surface area contributed by atoms with Crippen LogP contribution in [0.5, 0.6) is 11.5 Å². The predicted molar refractivity (Wildman–Crippen MR) is 98.6 cm³/mol. The van der Waals surface area contributed by atoms with E-state index in [4.69, 9.17) is 9.47 Å². The maximum Gasteiger partial charge on any atom is 0.257 e. The summed E-state index contributed by atoms with van der Waals surface area (Å²) in [6.45, 7) is 3.66. The lowest BCUT2D eigenvalue weighted by Gasteiger charge is -2.34. The molecular formula is C21H25NO3. The smallest absolute Gasteiger partial charge is 0.257 e. The van der Waals surface area contributed by atoms with Crippen molar-refractivity contribution in [1.29, 1.82) is 0 Å². The van der Waals surface area contributed by atoms with Crippen LogP contribution in [0.3, 0.4) is 0 Å². The van der Waals surface area contributed by atoms with Gasteiger partial charge in [0.25, 0.3) is 5.91 Å². The van der Waals surface area contributed by atoms with Crippen LogP contribution in [-0.2, 0) is 0 Å². The van der Waals surface area contributed by atoms with Gasteiger partial charge in [-0.1, -0.05) is 24.3 Å². The largest absolute Gasteiger partial charge is 0.497 e. The zero-order valence-electron chi connectivity index (χ0n) is 15.1.